The van der Waals surface area contributed by atoms with E-state index in [0.29, 0.717) is 15.2 Å². The van der Waals surface area contributed by atoms with Crippen LogP contribution < -0.4 is 0 Å². The summed E-state index contributed by atoms with van der Waals surface area (Å²) in [6.45, 7) is 3.30. The number of aromatic nitrogens is 1. The Morgan fingerprint density at radius 2 is 1.95 bits per heavy atom. The molecule has 1 heterocycles. The molecule has 21 heavy (non-hydrogen) atoms. The first-order valence-corrected chi connectivity index (χ1v) is 7.99. The van der Waals surface area contributed by atoms with Crippen molar-refractivity contribution in [3.63, 3.8) is 0 Å². The van der Waals surface area contributed by atoms with Gasteiger partial charge in [-0.3, -0.25) is 4.98 Å². The third-order valence-corrected chi connectivity index (χ3v) is 4.80. The lowest BCUT2D eigenvalue weighted by atomic mass is 10.2. The molecule has 1 aromatic carbocycles. The van der Waals surface area contributed by atoms with Crippen LogP contribution in [-0.2, 0) is 14.8 Å². The summed E-state index contributed by atoms with van der Waals surface area (Å²) in [4.78, 5) is 15.9. The van der Waals surface area contributed by atoms with Gasteiger partial charge >= 0.3 is 6.09 Å². The summed E-state index contributed by atoms with van der Waals surface area (Å²) < 4.78 is 30.9. The Hall–Kier alpha value is -2.15. The van der Waals surface area contributed by atoms with Gasteiger partial charge in [0.2, 0.25) is 0 Å². The molecule has 0 fully saturated rings. The second-order valence-corrected chi connectivity index (χ2v) is 6.03. The lowest BCUT2D eigenvalue weighted by molar-refractivity contribution is 0.132. The number of amides is 1. The van der Waals surface area contributed by atoms with Gasteiger partial charge in [0.05, 0.1) is 12.1 Å². The first kappa shape index (κ1) is 15.2. The van der Waals surface area contributed by atoms with Crippen molar-refractivity contribution in [2.24, 2.45) is 0 Å². The largest absolute Gasteiger partial charge is 0.449 e. The van der Waals surface area contributed by atoms with Crippen LogP contribution in [0.1, 0.15) is 13.8 Å². The van der Waals surface area contributed by atoms with E-state index in [0.717, 1.165) is 0 Å². The average molecular weight is 308 g/mol. The molecule has 0 saturated carbocycles. The molecule has 0 saturated heterocycles. The summed E-state index contributed by atoms with van der Waals surface area (Å²) in [5.41, 5.74) is 0.336. The van der Waals surface area contributed by atoms with E-state index in [1.807, 2.05) is 0 Å². The maximum absolute atomic E-state index is 12.7. The predicted octanol–water partition coefficient (Wildman–Crippen LogP) is 2.40. The fourth-order valence-electron chi connectivity index (χ4n) is 2.00. The second kappa shape index (κ2) is 6.09. The SMILES string of the molecule is CCOC(=O)N(CC)S(=O)(=O)c1cccc2cccnc12. The van der Waals surface area contributed by atoms with E-state index in [-0.39, 0.29) is 18.0 Å². The van der Waals surface area contributed by atoms with Gasteiger partial charge in [-0.1, -0.05) is 18.2 Å². The maximum atomic E-state index is 12.7. The van der Waals surface area contributed by atoms with Gasteiger partial charge in [0.15, 0.2) is 0 Å². The standard InChI is InChI=1S/C14H16N2O4S/c1-3-16(14(17)20-4-2)21(18,19)12-9-5-7-11-8-6-10-15-13(11)12/h5-10H,3-4H2,1-2H3. The summed E-state index contributed by atoms with van der Waals surface area (Å²) in [6.07, 6.45) is 0.634. The average Bonchev–Trinajstić information content (AvgIpc) is 2.47. The summed E-state index contributed by atoms with van der Waals surface area (Å²) in [6, 6.07) is 8.31. The highest BCUT2D eigenvalue weighted by molar-refractivity contribution is 7.89. The molecule has 1 amide bonds. The van der Waals surface area contributed by atoms with Crippen molar-refractivity contribution in [1.82, 2.24) is 9.29 Å². The van der Waals surface area contributed by atoms with Crippen molar-refractivity contribution < 1.29 is 17.9 Å². The highest BCUT2D eigenvalue weighted by Gasteiger charge is 2.30. The van der Waals surface area contributed by atoms with Crippen LogP contribution in [-0.4, -0.2) is 37.0 Å². The normalized spacial score (nSPS) is 11.3. The summed E-state index contributed by atoms with van der Waals surface area (Å²) >= 11 is 0. The van der Waals surface area contributed by atoms with Crippen molar-refractivity contribution in [2.45, 2.75) is 18.7 Å². The zero-order valence-corrected chi connectivity index (χ0v) is 12.6. The molecule has 0 aliphatic heterocycles. The Morgan fingerprint density at radius 1 is 1.24 bits per heavy atom. The monoisotopic (exact) mass is 308 g/mol. The van der Waals surface area contributed by atoms with Crippen LogP contribution in [0.2, 0.25) is 0 Å². The summed E-state index contributed by atoms with van der Waals surface area (Å²) in [5.74, 6) is 0. The van der Waals surface area contributed by atoms with E-state index < -0.39 is 16.1 Å². The smallest absolute Gasteiger partial charge is 0.423 e. The van der Waals surface area contributed by atoms with Crippen LogP contribution in [0.25, 0.3) is 10.9 Å². The number of para-hydroxylation sites is 1. The zero-order valence-electron chi connectivity index (χ0n) is 11.8. The minimum Gasteiger partial charge on any atom is -0.449 e. The van der Waals surface area contributed by atoms with Crippen molar-refractivity contribution in [2.75, 3.05) is 13.2 Å². The molecule has 0 aliphatic carbocycles. The quantitative estimate of drug-likeness (QED) is 0.867. The number of ether oxygens (including phenoxy) is 1. The first-order valence-electron chi connectivity index (χ1n) is 6.55. The number of carbonyl (C=O) groups is 1. The molecule has 2 rings (SSSR count). The Balaban J connectivity index is 2.58. The van der Waals surface area contributed by atoms with E-state index in [1.165, 1.54) is 12.3 Å². The number of pyridine rings is 1. The molecule has 112 valence electrons. The molecule has 0 atom stereocenters. The van der Waals surface area contributed by atoms with Crippen LogP contribution in [0.15, 0.2) is 41.4 Å². The number of fused-ring (bicyclic) bond motifs is 1. The summed E-state index contributed by atoms with van der Waals surface area (Å²) in [7, 11) is -4.00. The highest BCUT2D eigenvalue weighted by atomic mass is 32.2. The fraction of sp³-hybridized carbons (Fsp3) is 0.286. The first-order chi connectivity index (χ1) is 10.0. The molecule has 7 heteroatoms. The van der Waals surface area contributed by atoms with Gasteiger partial charge in [-0.05, 0) is 26.0 Å². The van der Waals surface area contributed by atoms with Gasteiger partial charge in [0.1, 0.15) is 4.90 Å². The number of sulfonamides is 1. The number of carbonyl (C=O) groups excluding carboxylic acids is 1. The molecule has 0 bridgehead atoms. The van der Waals surface area contributed by atoms with Gasteiger partial charge in [-0.2, -0.15) is 0 Å². The molecule has 0 aliphatic rings. The minimum absolute atomic E-state index is 0.00416. The third kappa shape index (κ3) is 2.82. The minimum atomic E-state index is -4.00. The molecule has 6 nitrogen and oxygen atoms in total. The lowest BCUT2D eigenvalue weighted by Gasteiger charge is -2.20. The van der Waals surface area contributed by atoms with Crippen molar-refractivity contribution in [3.05, 3.63) is 36.5 Å². The van der Waals surface area contributed by atoms with Crippen LogP contribution in [0.4, 0.5) is 4.79 Å². The molecule has 2 aromatic rings. The zero-order chi connectivity index (χ0) is 15.5. The van der Waals surface area contributed by atoms with Gasteiger partial charge in [0.25, 0.3) is 10.0 Å². The topological polar surface area (TPSA) is 76.6 Å². The molecule has 0 radical (unpaired) electrons. The second-order valence-electron chi connectivity index (χ2n) is 4.20. The van der Waals surface area contributed by atoms with E-state index in [4.69, 9.17) is 4.74 Å². The van der Waals surface area contributed by atoms with Crippen LogP contribution in [0.3, 0.4) is 0 Å². The molecule has 1 aromatic heterocycles. The Morgan fingerprint density at radius 3 is 2.62 bits per heavy atom. The van der Waals surface area contributed by atoms with E-state index in [1.54, 1.807) is 38.1 Å². The lowest BCUT2D eigenvalue weighted by Crippen LogP contribution is -2.37. The number of hydrogen-bond acceptors (Lipinski definition) is 5. The Kier molecular flexibility index (Phi) is 4.42. The van der Waals surface area contributed by atoms with E-state index in [9.17, 15) is 13.2 Å². The van der Waals surface area contributed by atoms with Gasteiger partial charge in [-0.15, -0.1) is 0 Å². The molecule has 0 N–H and O–H groups in total. The van der Waals surface area contributed by atoms with Gasteiger partial charge in [0, 0.05) is 18.1 Å². The molecule has 0 spiro atoms. The van der Waals surface area contributed by atoms with Crippen LogP contribution in [0.5, 0.6) is 0 Å². The third-order valence-electron chi connectivity index (χ3n) is 2.92. The molecular weight excluding hydrogens is 292 g/mol. The molecule has 0 unspecified atom stereocenters. The van der Waals surface area contributed by atoms with E-state index in [2.05, 4.69) is 4.98 Å². The van der Waals surface area contributed by atoms with E-state index >= 15 is 0 Å². The predicted molar refractivity (Wildman–Crippen MR) is 78.3 cm³/mol. The van der Waals surface area contributed by atoms with Crippen molar-refractivity contribution >= 4 is 27.0 Å². The highest BCUT2D eigenvalue weighted by Crippen LogP contribution is 2.24. The Labute approximate surface area is 123 Å². The van der Waals surface area contributed by atoms with Gasteiger partial charge in [-0.25, -0.2) is 17.5 Å². The Bertz CT molecular complexity index is 753. The number of hydrogen-bond donors (Lipinski definition) is 0. The number of rotatable bonds is 4. The van der Waals surface area contributed by atoms with Crippen molar-refractivity contribution in [3.8, 4) is 0 Å². The van der Waals surface area contributed by atoms with Gasteiger partial charge < -0.3 is 4.74 Å². The van der Waals surface area contributed by atoms with Crippen LogP contribution in [0, 0.1) is 0 Å². The van der Waals surface area contributed by atoms with Crippen molar-refractivity contribution in [1.29, 1.82) is 0 Å². The maximum Gasteiger partial charge on any atom is 0.423 e. The molecular formula is C14H16N2O4S. The number of nitrogens with zero attached hydrogens (tertiary/aromatic N) is 2. The fourth-order valence-corrected chi connectivity index (χ4v) is 3.49. The van der Waals surface area contributed by atoms with Crippen LogP contribution >= 0.6 is 0 Å². The number of benzene rings is 1. The summed E-state index contributed by atoms with van der Waals surface area (Å²) in [5, 5.41) is 0.693.